The Morgan fingerprint density at radius 3 is 1.69 bits per heavy atom. The molecule has 1 heterocycles. The van der Waals surface area contributed by atoms with Gasteiger partial charge in [-0.2, -0.15) is 0 Å². The van der Waals surface area contributed by atoms with Crippen LogP contribution in [0.3, 0.4) is 0 Å². The number of aliphatic hydroxyl groups excluding tert-OH is 1. The largest absolute Gasteiger partial charge is 0.481 e. The van der Waals surface area contributed by atoms with Crippen LogP contribution < -0.4 is 0 Å². The van der Waals surface area contributed by atoms with Crippen LogP contribution in [0.1, 0.15) is 106 Å². The van der Waals surface area contributed by atoms with E-state index in [-0.39, 0.29) is 5.92 Å². The molecule has 0 amide bonds. The summed E-state index contributed by atoms with van der Waals surface area (Å²) < 4.78 is 0. The lowest BCUT2D eigenvalue weighted by molar-refractivity contribution is -0.142. The number of aliphatic hydroxyl groups is 2. The Bertz CT molecular complexity index is 1640. The summed E-state index contributed by atoms with van der Waals surface area (Å²) in [7, 11) is 0. The van der Waals surface area contributed by atoms with Crippen molar-refractivity contribution >= 4 is 11.9 Å². The predicted octanol–water partition coefficient (Wildman–Crippen LogP) is 8.58. The van der Waals surface area contributed by atoms with E-state index in [1.165, 1.54) is 5.56 Å². The Kier molecular flexibility index (Phi) is 14.4. The number of carbonyl (C=O) groups is 2. The minimum atomic E-state index is -1.01. The number of benzene rings is 4. The van der Waals surface area contributed by atoms with Crippen LogP contribution in [-0.2, 0) is 27.0 Å². The number of carboxylic acid groups (broad SMARTS) is 2. The van der Waals surface area contributed by atoms with E-state index in [2.05, 4.69) is 18.7 Å². The molecule has 278 valence electrons. The molecule has 1 fully saturated rings. The van der Waals surface area contributed by atoms with Gasteiger partial charge in [0.2, 0.25) is 0 Å². The van der Waals surface area contributed by atoms with Crippen LogP contribution in [0, 0.1) is 11.8 Å². The molecular formula is C45H57NO6. The van der Waals surface area contributed by atoms with Gasteiger partial charge in [-0.25, -0.2) is 0 Å². The van der Waals surface area contributed by atoms with Crippen molar-refractivity contribution in [1.29, 1.82) is 0 Å². The highest BCUT2D eigenvalue weighted by atomic mass is 16.4. The average Bonchev–Trinajstić information content (AvgIpc) is 3.15. The maximum atomic E-state index is 12.1. The molecule has 7 nitrogen and oxygen atoms in total. The van der Waals surface area contributed by atoms with Crippen molar-refractivity contribution in [2.45, 2.75) is 89.8 Å². The van der Waals surface area contributed by atoms with E-state index >= 15 is 0 Å². The number of carboxylic acids is 2. The predicted molar refractivity (Wildman–Crippen MR) is 207 cm³/mol. The summed E-state index contributed by atoms with van der Waals surface area (Å²) in [5.41, 5.74) is 3.61. The molecule has 0 aliphatic carbocycles. The first-order valence-corrected chi connectivity index (χ1v) is 18.6. The maximum absolute atomic E-state index is 12.1. The molecule has 4 N–H and O–H groups in total. The van der Waals surface area contributed by atoms with E-state index in [1.807, 2.05) is 97.1 Å². The molecule has 2 unspecified atom stereocenters. The molecule has 0 aromatic heterocycles. The molecule has 1 aliphatic heterocycles. The van der Waals surface area contributed by atoms with Gasteiger partial charge in [-0.3, -0.25) is 9.59 Å². The zero-order valence-electron chi connectivity index (χ0n) is 31.4. The zero-order valence-corrected chi connectivity index (χ0v) is 31.4. The van der Waals surface area contributed by atoms with Crippen LogP contribution in [0.2, 0.25) is 0 Å². The van der Waals surface area contributed by atoms with Gasteiger partial charge in [0, 0.05) is 0 Å². The van der Waals surface area contributed by atoms with Crippen molar-refractivity contribution in [3.8, 4) is 0 Å². The maximum Gasteiger partial charge on any atom is 0.313 e. The summed E-state index contributed by atoms with van der Waals surface area (Å²) in [5.74, 6) is -1.29. The molecule has 7 heteroatoms. The quantitative estimate of drug-likeness (QED) is 0.104. The van der Waals surface area contributed by atoms with Crippen molar-refractivity contribution in [3.63, 3.8) is 0 Å². The second-order valence-electron chi connectivity index (χ2n) is 15.2. The molecular weight excluding hydrogens is 650 g/mol. The first-order valence-electron chi connectivity index (χ1n) is 18.6. The number of piperidine rings is 1. The molecule has 2 atom stereocenters. The third-order valence-corrected chi connectivity index (χ3v) is 10.6. The van der Waals surface area contributed by atoms with Crippen molar-refractivity contribution in [1.82, 2.24) is 4.90 Å². The lowest BCUT2D eigenvalue weighted by Gasteiger charge is -2.42. The molecule has 52 heavy (non-hydrogen) atoms. The van der Waals surface area contributed by atoms with Crippen molar-refractivity contribution in [2.24, 2.45) is 11.8 Å². The third-order valence-electron chi connectivity index (χ3n) is 10.6. The minimum absolute atomic E-state index is 0.132. The van der Waals surface area contributed by atoms with E-state index in [0.717, 1.165) is 73.1 Å². The normalized spacial score (nSPS) is 15.4. The zero-order chi connectivity index (χ0) is 37.9. The van der Waals surface area contributed by atoms with Crippen LogP contribution in [-0.4, -0.2) is 56.9 Å². The van der Waals surface area contributed by atoms with Crippen LogP contribution in [0.15, 0.2) is 109 Å². The standard InChI is InChI=1S/C32H39NO4.C13H18O2/c1-31(2,30(35)36)25-17-15-24(16-18-25)29(34)14-9-21-33-22-19-28(20-23-33)32(37,26-10-5-3-6-11-26)27-12-7-4-8-13-27;1-9(2)8-11-4-6-12(7-5-11)10(3)13(14)15/h3-8,10-13,15-18,28-29,34,37H,9,14,19-23H2,1-2H3,(H,35,36);4-7,9-10H,8H2,1-3H3,(H,14,15). The highest BCUT2D eigenvalue weighted by Gasteiger charge is 2.41. The number of hydrogen-bond donors (Lipinski definition) is 4. The Balaban J connectivity index is 0.000000338. The van der Waals surface area contributed by atoms with Gasteiger partial charge < -0.3 is 25.3 Å². The Morgan fingerprint density at radius 1 is 0.731 bits per heavy atom. The molecule has 1 saturated heterocycles. The Hall–Kier alpha value is -4.30. The van der Waals surface area contributed by atoms with Gasteiger partial charge in [-0.05, 0) is 118 Å². The Labute approximate surface area is 310 Å². The van der Waals surface area contributed by atoms with Crippen LogP contribution in [0.25, 0.3) is 0 Å². The second-order valence-corrected chi connectivity index (χ2v) is 15.2. The third kappa shape index (κ3) is 10.4. The van der Waals surface area contributed by atoms with E-state index in [4.69, 9.17) is 5.11 Å². The van der Waals surface area contributed by atoms with Gasteiger partial charge in [0.1, 0.15) is 5.60 Å². The fourth-order valence-corrected chi connectivity index (χ4v) is 7.07. The molecule has 0 spiro atoms. The van der Waals surface area contributed by atoms with Gasteiger partial charge in [0.05, 0.1) is 17.4 Å². The van der Waals surface area contributed by atoms with E-state index in [9.17, 15) is 24.9 Å². The van der Waals surface area contributed by atoms with E-state index in [1.54, 1.807) is 32.9 Å². The van der Waals surface area contributed by atoms with Gasteiger partial charge in [-0.15, -0.1) is 0 Å². The summed E-state index contributed by atoms with van der Waals surface area (Å²) in [6.07, 6.45) is 3.81. The molecule has 1 aliphatic rings. The van der Waals surface area contributed by atoms with E-state index < -0.39 is 35.0 Å². The first-order chi connectivity index (χ1) is 24.7. The number of nitrogens with zero attached hydrogens (tertiary/aromatic N) is 1. The topological polar surface area (TPSA) is 118 Å². The second kappa shape index (κ2) is 18.5. The number of hydrogen-bond acceptors (Lipinski definition) is 5. The Morgan fingerprint density at radius 2 is 1.23 bits per heavy atom. The summed E-state index contributed by atoms with van der Waals surface area (Å²) >= 11 is 0. The number of rotatable bonds is 14. The lowest BCUT2D eigenvalue weighted by atomic mass is 9.72. The lowest BCUT2D eigenvalue weighted by Crippen LogP contribution is -2.44. The first kappa shape index (κ1) is 40.5. The summed E-state index contributed by atoms with van der Waals surface area (Å²) in [6.45, 7) is 12.2. The van der Waals surface area contributed by atoms with Gasteiger partial charge in [0.15, 0.2) is 0 Å². The van der Waals surface area contributed by atoms with Crippen LogP contribution in [0.5, 0.6) is 0 Å². The highest BCUT2D eigenvalue weighted by Crippen LogP contribution is 2.42. The van der Waals surface area contributed by atoms with Crippen molar-refractivity contribution < 1.29 is 30.0 Å². The van der Waals surface area contributed by atoms with Gasteiger partial charge in [-0.1, -0.05) is 123 Å². The summed E-state index contributed by atoms with van der Waals surface area (Å²) in [4.78, 5) is 24.7. The fourth-order valence-electron chi connectivity index (χ4n) is 7.07. The van der Waals surface area contributed by atoms with Crippen LogP contribution >= 0.6 is 0 Å². The fraction of sp³-hybridized carbons (Fsp3) is 0.422. The monoisotopic (exact) mass is 707 g/mol. The molecule has 0 radical (unpaired) electrons. The minimum Gasteiger partial charge on any atom is -0.481 e. The number of aliphatic carboxylic acids is 2. The smallest absolute Gasteiger partial charge is 0.313 e. The number of likely N-dealkylation sites (tertiary alicyclic amines) is 1. The van der Waals surface area contributed by atoms with E-state index in [0.29, 0.717) is 12.3 Å². The van der Waals surface area contributed by atoms with Gasteiger partial charge in [0.25, 0.3) is 0 Å². The average molecular weight is 708 g/mol. The van der Waals surface area contributed by atoms with Gasteiger partial charge >= 0.3 is 11.9 Å². The van der Waals surface area contributed by atoms with Crippen molar-refractivity contribution in [3.05, 3.63) is 143 Å². The summed E-state index contributed by atoms with van der Waals surface area (Å²) in [5, 5.41) is 41.0. The molecule has 0 bridgehead atoms. The summed E-state index contributed by atoms with van der Waals surface area (Å²) in [6, 6.07) is 35.2. The molecule has 0 saturated carbocycles. The highest BCUT2D eigenvalue weighted by molar-refractivity contribution is 5.80. The molecule has 4 aromatic carbocycles. The SMILES string of the molecule is CC(C)(C(=O)O)c1ccc(C(O)CCCN2CCC(C(O)(c3ccccc3)c3ccccc3)CC2)cc1.CC(C)Cc1ccc(C(C)C(=O)O)cc1. The molecule has 5 rings (SSSR count). The van der Waals surface area contributed by atoms with Crippen LogP contribution in [0.4, 0.5) is 0 Å². The molecule has 4 aromatic rings. The van der Waals surface area contributed by atoms with Crippen molar-refractivity contribution in [2.75, 3.05) is 19.6 Å².